The number of nitrogens with zero attached hydrogens (tertiary/aromatic N) is 2. The molecule has 0 amide bonds. The quantitative estimate of drug-likeness (QED) is 0.936. The van der Waals surface area contributed by atoms with Gasteiger partial charge in [0.15, 0.2) is 0 Å². The van der Waals surface area contributed by atoms with Crippen LogP contribution < -0.4 is 10.1 Å². The standard InChI is InChI=1S/C16H21N3O2/c1-11-5-6-13(14(8-11)20-2)16-18-15(21-19-16)9-12-4-3-7-17-10-12/h5-6,8,12,17H,3-4,7,9-10H2,1-2H3. The summed E-state index contributed by atoms with van der Waals surface area (Å²) in [6.45, 7) is 4.18. The predicted octanol–water partition coefficient (Wildman–Crippen LogP) is 2.60. The van der Waals surface area contributed by atoms with Crippen molar-refractivity contribution < 1.29 is 9.26 Å². The number of methoxy groups -OCH3 is 1. The van der Waals surface area contributed by atoms with E-state index in [1.165, 1.54) is 12.8 Å². The summed E-state index contributed by atoms with van der Waals surface area (Å²) >= 11 is 0. The molecule has 0 bridgehead atoms. The maximum Gasteiger partial charge on any atom is 0.227 e. The third-order valence-corrected chi connectivity index (χ3v) is 3.93. The van der Waals surface area contributed by atoms with Crippen molar-refractivity contribution in [1.82, 2.24) is 15.5 Å². The van der Waals surface area contributed by atoms with Gasteiger partial charge in [0.2, 0.25) is 11.7 Å². The highest BCUT2D eigenvalue weighted by molar-refractivity contribution is 5.64. The van der Waals surface area contributed by atoms with Crippen LogP contribution in [0, 0.1) is 12.8 Å². The van der Waals surface area contributed by atoms with E-state index in [2.05, 4.69) is 15.5 Å². The molecule has 1 fully saturated rings. The molecule has 5 nitrogen and oxygen atoms in total. The number of nitrogens with one attached hydrogen (secondary N) is 1. The molecule has 0 saturated carbocycles. The first kappa shape index (κ1) is 14.1. The molecule has 21 heavy (non-hydrogen) atoms. The first-order chi connectivity index (χ1) is 10.3. The van der Waals surface area contributed by atoms with Crippen molar-refractivity contribution in [2.45, 2.75) is 26.2 Å². The average molecular weight is 287 g/mol. The van der Waals surface area contributed by atoms with Crippen LogP contribution in [-0.4, -0.2) is 30.3 Å². The van der Waals surface area contributed by atoms with E-state index < -0.39 is 0 Å². The number of benzene rings is 1. The molecular formula is C16H21N3O2. The summed E-state index contributed by atoms with van der Waals surface area (Å²) in [5.41, 5.74) is 2.02. The molecule has 0 spiro atoms. The van der Waals surface area contributed by atoms with Gasteiger partial charge in [0.05, 0.1) is 12.7 Å². The largest absolute Gasteiger partial charge is 0.496 e. The molecule has 0 radical (unpaired) electrons. The van der Waals surface area contributed by atoms with Crippen molar-refractivity contribution in [3.05, 3.63) is 29.7 Å². The summed E-state index contributed by atoms with van der Waals surface area (Å²) in [5, 5.41) is 7.51. The van der Waals surface area contributed by atoms with Crippen molar-refractivity contribution in [3.8, 4) is 17.1 Å². The molecule has 1 unspecified atom stereocenters. The van der Waals surface area contributed by atoms with Gasteiger partial charge in [-0.3, -0.25) is 0 Å². The van der Waals surface area contributed by atoms with Crippen LogP contribution in [0.1, 0.15) is 24.3 Å². The lowest BCUT2D eigenvalue weighted by molar-refractivity contribution is 0.316. The zero-order valence-corrected chi connectivity index (χ0v) is 12.6. The fraction of sp³-hybridized carbons (Fsp3) is 0.500. The Morgan fingerprint density at radius 1 is 1.43 bits per heavy atom. The molecule has 1 N–H and O–H groups in total. The summed E-state index contributed by atoms with van der Waals surface area (Å²) in [4.78, 5) is 4.53. The summed E-state index contributed by atoms with van der Waals surface area (Å²) in [7, 11) is 1.66. The van der Waals surface area contributed by atoms with Gasteiger partial charge < -0.3 is 14.6 Å². The summed E-state index contributed by atoms with van der Waals surface area (Å²) in [6.07, 6.45) is 3.28. The fourth-order valence-electron chi connectivity index (χ4n) is 2.78. The number of rotatable bonds is 4. The van der Waals surface area contributed by atoms with E-state index in [-0.39, 0.29) is 0 Å². The second-order valence-electron chi connectivity index (χ2n) is 5.63. The maximum atomic E-state index is 5.41. The summed E-state index contributed by atoms with van der Waals surface area (Å²) in [5.74, 6) is 2.68. The van der Waals surface area contributed by atoms with Crippen LogP contribution in [0.5, 0.6) is 5.75 Å². The zero-order valence-electron chi connectivity index (χ0n) is 12.6. The molecule has 112 valence electrons. The molecular weight excluding hydrogens is 266 g/mol. The Labute approximate surface area is 124 Å². The molecule has 1 atom stereocenters. The lowest BCUT2D eigenvalue weighted by Crippen LogP contribution is -2.30. The van der Waals surface area contributed by atoms with E-state index in [1.54, 1.807) is 7.11 Å². The van der Waals surface area contributed by atoms with Crippen molar-refractivity contribution in [2.75, 3.05) is 20.2 Å². The van der Waals surface area contributed by atoms with Gasteiger partial charge in [-0.2, -0.15) is 4.98 Å². The Kier molecular flexibility index (Phi) is 4.20. The number of aryl methyl sites for hydroxylation is 1. The van der Waals surface area contributed by atoms with Gasteiger partial charge in [-0.05, 0) is 56.5 Å². The third kappa shape index (κ3) is 3.24. The second-order valence-corrected chi connectivity index (χ2v) is 5.63. The van der Waals surface area contributed by atoms with Gasteiger partial charge in [-0.15, -0.1) is 0 Å². The SMILES string of the molecule is COc1cc(C)ccc1-c1noc(CC2CCCNC2)n1. The molecule has 2 aromatic rings. The normalized spacial score (nSPS) is 18.7. The lowest BCUT2D eigenvalue weighted by Gasteiger charge is -2.20. The number of hydrogen-bond donors (Lipinski definition) is 1. The Morgan fingerprint density at radius 2 is 2.33 bits per heavy atom. The maximum absolute atomic E-state index is 5.41. The van der Waals surface area contributed by atoms with Gasteiger partial charge in [0, 0.05) is 6.42 Å². The van der Waals surface area contributed by atoms with E-state index in [1.807, 2.05) is 25.1 Å². The molecule has 1 aliphatic rings. The average Bonchev–Trinajstić information content (AvgIpc) is 2.96. The first-order valence-electron chi connectivity index (χ1n) is 7.44. The second kappa shape index (κ2) is 6.26. The molecule has 0 aliphatic carbocycles. The van der Waals surface area contributed by atoms with Gasteiger partial charge in [-0.1, -0.05) is 11.2 Å². The zero-order chi connectivity index (χ0) is 14.7. The predicted molar refractivity (Wildman–Crippen MR) is 80.3 cm³/mol. The van der Waals surface area contributed by atoms with Crippen molar-refractivity contribution in [1.29, 1.82) is 0 Å². The topological polar surface area (TPSA) is 60.2 Å². The first-order valence-corrected chi connectivity index (χ1v) is 7.44. The Balaban J connectivity index is 1.78. The van der Waals surface area contributed by atoms with Crippen LogP contribution in [0.15, 0.2) is 22.7 Å². The van der Waals surface area contributed by atoms with E-state index in [4.69, 9.17) is 9.26 Å². The number of hydrogen-bond acceptors (Lipinski definition) is 5. The minimum absolute atomic E-state index is 0.590. The number of ether oxygens (including phenoxy) is 1. The van der Waals surface area contributed by atoms with Crippen LogP contribution >= 0.6 is 0 Å². The van der Waals surface area contributed by atoms with Gasteiger partial charge >= 0.3 is 0 Å². The third-order valence-electron chi connectivity index (χ3n) is 3.93. The minimum Gasteiger partial charge on any atom is -0.496 e. The number of piperidine rings is 1. The van der Waals surface area contributed by atoms with Crippen LogP contribution in [0.25, 0.3) is 11.4 Å². The van der Waals surface area contributed by atoms with E-state index in [0.717, 1.165) is 36.4 Å². The Hall–Kier alpha value is -1.88. The molecule has 3 rings (SSSR count). The minimum atomic E-state index is 0.590. The van der Waals surface area contributed by atoms with Gasteiger partial charge in [-0.25, -0.2) is 0 Å². The number of aromatic nitrogens is 2. The highest BCUT2D eigenvalue weighted by atomic mass is 16.5. The van der Waals surface area contributed by atoms with Crippen LogP contribution in [-0.2, 0) is 6.42 Å². The van der Waals surface area contributed by atoms with E-state index >= 15 is 0 Å². The lowest BCUT2D eigenvalue weighted by atomic mass is 9.96. The highest BCUT2D eigenvalue weighted by Crippen LogP contribution is 2.29. The van der Waals surface area contributed by atoms with E-state index in [9.17, 15) is 0 Å². The van der Waals surface area contributed by atoms with E-state index in [0.29, 0.717) is 17.6 Å². The molecule has 5 heteroatoms. The molecule has 1 aliphatic heterocycles. The Bertz CT molecular complexity index is 603. The molecule has 1 aromatic heterocycles. The van der Waals surface area contributed by atoms with Gasteiger partial charge in [0.25, 0.3) is 0 Å². The van der Waals surface area contributed by atoms with Crippen LogP contribution in [0.2, 0.25) is 0 Å². The molecule has 1 aromatic carbocycles. The van der Waals surface area contributed by atoms with Crippen LogP contribution in [0.4, 0.5) is 0 Å². The summed E-state index contributed by atoms with van der Waals surface area (Å²) in [6, 6.07) is 5.99. The summed E-state index contributed by atoms with van der Waals surface area (Å²) < 4.78 is 10.8. The monoisotopic (exact) mass is 287 g/mol. The van der Waals surface area contributed by atoms with Crippen molar-refractivity contribution in [2.24, 2.45) is 5.92 Å². The fourth-order valence-corrected chi connectivity index (χ4v) is 2.78. The molecule has 1 saturated heterocycles. The highest BCUT2D eigenvalue weighted by Gasteiger charge is 2.19. The van der Waals surface area contributed by atoms with Crippen molar-refractivity contribution >= 4 is 0 Å². The van der Waals surface area contributed by atoms with Crippen molar-refractivity contribution in [3.63, 3.8) is 0 Å². The van der Waals surface area contributed by atoms with Gasteiger partial charge in [0.1, 0.15) is 5.75 Å². The van der Waals surface area contributed by atoms with Crippen LogP contribution in [0.3, 0.4) is 0 Å². The smallest absolute Gasteiger partial charge is 0.227 e. The Morgan fingerprint density at radius 3 is 3.10 bits per heavy atom. The molecule has 2 heterocycles.